The van der Waals surface area contributed by atoms with Crippen LogP contribution in [0, 0.1) is 0 Å². The molecule has 1 N–H and O–H groups in total. The van der Waals surface area contributed by atoms with Crippen LogP contribution in [0.1, 0.15) is 32.3 Å². The third-order valence-electron chi connectivity index (χ3n) is 4.27. The number of carboxylic acids is 1. The zero-order valence-electron chi connectivity index (χ0n) is 14.4. The van der Waals surface area contributed by atoms with Gasteiger partial charge in [-0.05, 0) is 30.5 Å². The highest BCUT2D eigenvalue weighted by Gasteiger charge is 2.39. The summed E-state index contributed by atoms with van der Waals surface area (Å²) < 4.78 is 10.6. The predicted molar refractivity (Wildman–Crippen MR) is 87.1 cm³/mol. The number of methoxy groups -OCH3 is 2. The van der Waals surface area contributed by atoms with Gasteiger partial charge in [0.05, 0.1) is 19.6 Å². The second-order valence-corrected chi connectivity index (χ2v) is 5.41. The number of ether oxygens (including phenoxy) is 2. The van der Waals surface area contributed by atoms with Crippen molar-refractivity contribution in [2.75, 3.05) is 27.8 Å². The van der Waals surface area contributed by atoms with Crippen molar-refractivity contribution >= 4 is 11.9 Å². The maximum atomic E-state index is 12.9. The maximum absolute atomic E-state index is 12.9. The Morgan fingerprint density at radius 1 is 1.13 bits per heavy atom. The van der Waals surface area contributed by atoms with Crippen LogP contribution in [0.25, 0.3) is 0 Å². The highest BCUT2D eigenvalue weighted by atomic mass is 16.5. The third-order valence-corrected chi connectivity index (χ3v) is 4.27. The number of aliphatic carboxylic acids is 1. The molecule has 6 heteroatoms. The normalized spacial score (nSPS) is 11.0. The SMILES string of the molecule is CCC(CC)(C(=O)N(C)CC(=O)O)c1ccc(OC)c(OC)c1. The molecule has 0 saturated carbocycles. The van der Waals surface area contributed by atoms with E-state index in [1.807, 2.05) is 19.9 Å². The van der Waals surface area contributed by atoms with Crippen molar-refractivity contribution in [2.24, 2.45) is 0 Å². The molecular formula is C17H25NO5. The van der Waals surface area contributed by atoms with Crippen LogP contribution in [0.4, 0.5) is 0 Å². The van der Waals surface area contributed by atoms with E-state index < -0.39 is 11.4 Å². The third kappa shape index (κ3) is 3.75. The van der Waals surface area contributed by atoms with Crippen LogP contribution in [0.3, 0.4) is 0 Å². The summed E-state index contributed by atoms with van der Waals surface area (Å²) in [4.78, 5) is 25.1. The van der Waals surface area contributed by atoms with Crippen molar-refractivity contribution in [1.29, 1.82) is 0 Å². The van der Waals surface area contributed by atoms with Crippen LogP contribution >= 0.6 is 0 Å². The summed E-state index contributed by atoms with van der Waals surface area (Å²) in [7, 11) is 4.60. The van der Waals surface area contributed by atoms with E-state index in [-0.39, 0.29) is 12.5 Å². The van der Waals surface area contributed by atoms with Crippen molar-refractivity contribution < 1.29 is 24.2 Å². The van der Waals surface area contributed by atoms with Gasteiger partial charge in [0.2, 0.25) is 5.91 Å². The minimum absolute atomic E-state index is 0.211. The molecule has 0 atom stereocenters. The molecule has 128 valence electrons. The van der Waals surface area contributed by atoms with E-state index in [2.05, 4.69) is 0 Å². The first-order valence-electron chi connectivity index (χ1n) is 7.56. The molecule has 0 unspecified atom stereocenters. The Labute approximate surface area is 137 Å². The zero-order chi connectivity index (χ0) is 17.6. The summed E-state index contributed by atoms with van der Waals surface area (Å²) in [6.07, 6.45) is 1.11. The molecule has 0 spiro atoms. The second-order valence-electron chi connectivity index (χ2n) is 5.41. The molecule has 6 nitrogen and oxygen atoms in total. The lowest BCUT2D eigenvalue weighted by Crippen LogP contribution is -2.46. The molecule has 1 aromatic carbocycles. The van der Waals surface area contributed by atoms with Gasteiger partial charge in [-0.3, -0.25) is 9.59 Å². The van der Waals surface area contributed by atoms with Crippen molar-refractivity contribution in [3.05, 3.63) is 23.8 Å². The zero-order valence-corrected chi connectivity index (χ0v) is 14.4. The molecule has 0 aliphatic rings. The second kappa shape index (κ2) is 7.85. The summed E-state index contributed by atoms with van der Waals surface area (Å²) in [6, 6.07) is 5.39. The molecular weight excluding hydrogens is 298 g/mol. The topological polar surface area (TPSA) is 76.1 Å². The molecule has 0 aliphatic carbocycles. The molecule has 23 heavy (non-hydrogen) atoms. The first-order chi connectivity index (χ1) is 10.9. The van der Waals surface area contributed by atoms with Crippen molar-refractivity contribution in [1.82, 2.24) is 4.90 Å². The van der Waals surface area contributed by atoms with Crippen LogP contribution in [0.5, 0.6) is 11.5 Å². The van der Waals surface area contributed by atoms with E-state index in [1.165, 1.54) is 11.9 Å². The maximum Gasteiger partial charge on any atom is 0.323 e. The fraction of sp³-hybridized carbons (Fsp3) is 0.529. The van der Waals surface area contributed by atoms with E-state index in [9.17, 15) is 9.59 Å². The lowest BCUT2D eigenvalue weighted by Gasteiger charge is -2.34. The van der Waals surface area contributed by atoms with Crippen molar-refractivity contribution in [3.8, 4) is 11.5 Å². The van der Waals surface area contributed by atoms with Crippen LogP contribution < -0.4 is 9.47 Å². The lowest BCUT2D eigenvalue weighted by atomic mass is 9.74. The highest BCUT2D eigenvalue weighted by molar-refractivity contribution is 5.90. The van der Waals surface area contributed by atoms with E-state index in [4.69, 9.17) is 14.6 Å². The summed E-state index contributed by atoms with van der Waals surface area (Å²) in [5.74, 6) is -0.111. The Balaban J connectivity index is 3.33. The minimum Gasteiger partial charge on any atom is -0.493 e. The molecule has 0 aromatic heterocycles. The Morgan fingerprint density at radius 3 is 2.13 bits per heavy atom. The number of rotatable bonds is 8. The van der Waals surface area contributed by atoms with Crippen molar-refractivity contribution in [3.63, 3.8) is 0 Å². The van der Waals surface area contributed by atoms with Gasteiger partial charge in [-0.1, -0.05) is 19.9 Å². The van der Waals surface area contributed by atoms with Gasteiger partial charge in [0.1, 0.15) is 6.54 Å². The molecule has 0 bridgehead atoms. The van der Waals surface area contributed by atoms with Crippen LogP contribution in [-0.2, 0) is 15.0 Å². The summed E-state index contributed by atoms with van der Waals surface area (Å²) in [6.45, 7) is 3.52. The number of carbonyl (C=O) groups excluding carboxylic acids is 1. The Kier molecular flexibility index (Phi) is 6.42. The Bertz CT molecular complexity index is 566. The predicted octanol–water partition coefficient (Wildman–Crippen LogP) is 2.30. The van der Waals surface area contributed by atoms with Crippen LogP contribution in [0.15, 0.2) is 18.2 Å². The quantitative estimate of drug-likeness (QED) is 0.794. The van der Waals surface area contributed by atoms with Gasteiger partial charge in [0.15, 0.2) is 11.5 Å². The number of hydrogen-bond donors (Lipinski definition) is 1. The first kappa shape index (κ1) is 18.8. The number of nitrogens with zero attached hydrogens (tertiary/aromatic N) is 1. The van der Waals surface area contributed by atoms with E-state index in [0.29, 0.717) is 24.3 Å². The summed E-state index contributed by atoms with van der Waals surface area (Å²) in [5, 5.41) is 8.93. The number of hydrogen-bond acceptors (Lipinski definition) is 4. The molecule has 0 heterocycles. The molecule has 0 radical (unpaired) electrons. The molecule has 1 amide bonds. The van der Waals surface area contributed by atoms with Gasteiger partial charge < -0.3 is 19.5 Å². The van der Waals surface area contributed by atoms with E-state index in [0.717, 1.165) is 5.56 Å². The monoisotopic (exact) mass is 323 g/mol. The fourth-order valence-electron chi connectivity index (χ4n) is 2.86. The van der Waals surface area contributed by atoms with Gasteiger partial charge in [-0.15, -0.1) is 0 Å². The van der Waals surface area contributed by atoms with Crippen molar-refractivity contribution in [2.45, 2.75) is 32.1 Å². The standard InChI is InChI=1S/C17H25NO5/c1-6-17(7-2,16(21)18(3)11-15(19)20)12-8-9-13(22-4)14(10-12)23-5/h8-10H,6-7,11H2,1-5H3,(H,19,20). The smallest absolute Gasteiger partial charge is 0.323 e. The fourth-order valence-corrected chi connectivity index (χ4v) is 2.86. The summed E-state index contributed by atoms with van der Waals surface area (Å²) in [5.41, 5.74) is 0.00593. The molecule has 0 fully saturated rings. The molecule has 1 rings (SSSR count). The number of carboxylic acid groups (broad SMARTS) is 1. The largest absolute Gasteiger partial charge is 0.493 e. The number of carbonyl (C=O) groups is 2. The van der Waals surface area contributed by atoms with Gasteiger partial charge in [-0.25, -0.2) is 0 Å². The Hall–Kier alpha value is -2.24. The van der Waals surface area contributed by atoms with E-state index >= 15 is 0 Å². The van der Waals surface area contributed by atoms with Crippen LogP contribution in [-0.4, -0.2) is 49.7 Å². The van der Waals surface area contributed by atoms with Gasteiger partial charge in [-0.2, -0.15) is 0 Å². The number of amides is 1. The molecule has 1 aromatic rings. The molecule has 0 aliphatic heterocycles. The van der Waals surface area contributed by atoms with Gasteiger partial charge >= 0.3 is 5.97 Å². The van der Waals surface area contributed by atoms with E-state index in [1.54, 1.807) is 26.4 Å². The number of likely N-dealkylation sites (N-methyl/N-ethyl adjacent to an activating group) is 1. The number of benzene rings is 1. The average molecular weight is 323 g/mol. The highest BCUT2D eigenvalue weighted by Crippen LogP contribution is 2.38. The average Bonchev–Trinajstić information content (AvgIpc) is 2.55. The minimum atomic E-state index is -1.03. The van der Waals surface area contributed by atoms with Crippen LogP contribution in [0.2, 0.25) is 0 Å². The lowest BCUT2D eigenvalue weighted by molar-refractivity contribution is -0.146. The van der Waals surface area contributed by atoms with Gasteiger partial charge in [0, 0.05) is 7.05 Å². The molecule has 0 saturated heterocycles. The summed E-state index contributed by atoms with van der Waals surface area (Å²) >= 11 is 0. The first-order valence-corrected chi connectivity index (χ1v) is 7.56. The Morgan fingerprint density at radius 2 is 1.70 bits per heavy atom. The van der Waals surface area contributed by atoms with Gasteiger partial charge in [0.25, 0.3) is 0 Å².